The smallest absolute Gasteiger partial charge is 0.148 e. The van der Waals surface area contributed by atoms with Gasteiger partial charge in [-0.1, -0.05) is 13.3 Å². The predicted octanol–water partition coefficient (Wildman–Crippen LogP) is 0.726. The molecule has 3 unspecified atom stereocenters. The fraction of sp³-hybridized carbons (Fsp3) is 1.00. The highest BCUT2D eigenvalue weighted by Crippen LogP contribution is 2.31. The van der Waals surface area contributed by atoms with Crippen molar-refractivity contribution in [1.29, 1.82) is 0 Å². The first-order valence-electron chi connectivity index (χ1n) is 6.41. The van der Waals surface area contributed by atoms with Crippen LogP contribution in [0, 0.1) is 11.8 Å². The Hall–Kier alpha value is -0.130. The summed E-state index contributed by atoms with van der Waals surface area (Å²) in [5.74, 6) is 1.49. The molecule has 0 heterocycles. The van der Waals surface area contributed by atoms with Crippen molar-refractivity contribution in [1.82, 2.24) is 4.90 Å². The largest absolute Gasteiger partial charge is 0.330 e. The maximum Gasteiger partial charge on any atom is 0.148 e. The topological polar surface area (TPSA) is 63.4 Å². The maximum atomic E-state index is 11.2. The molecule has 0 aromatic rings. The monoisotopic (exact) mass is 262 g/mol. The standard InChI is InChI=1S/C12H26N2O2S/c1-10-4-5-11(9-13)12(8-10)14(2)6-7-17(3,15)16/h10-12H,4-9,13H2,1-3H3. The molecule has 1 aliphatic rings. The number of hydrogen-bond acceptors (Lipinski definition) is 4. The van der Waals surface area contributed by atoms with Crippen LogP contribution in [0.15, 0.2) is 0 Å². The van der Waals surface area contributed by atoms with Crippen LogP contribution in [0.3, 0.4) is 0 Å². The van der Waals surface area contributed by atoms with Crippen LogP contribution in [0.25, 0.3) is 0 Å². The summed E-state index contributed by atoms with van der Waals surface area (Å²) in [4.78, 5) is 2.19. The normalized spacial score (nSPS) is 30.8. The Morgan fingerprint density at radius 1 is 1.35 bits per heavy atom. The molecule has 3 atom stereocenters. The highest BCUT2D eigenvalue weighted by atomic mass is 32.2. The minimum Gasteiger partial charge on any atom is -0.330 e. The minimum absolute atomic E-state index is 0.242. The summed E-state index contributed by atoms with van der Waals surface area (Å²) in [7, 11) is -0.844. The van der Waals surface area contributed by atoms with E-state index in [1.54, 1.807) is 0 Å². The summed E-state index contributed by atoms with van der Waals surface area (Å²) in [6.07, 6.45) is 4.86. The molecule has 17 heavy (non-hydrogen) atoms. The molecule has 0 bridgehead atoms. The molecular weight excluding hydrogens is 236 g/mol. The molecule has 0 radical (unpaired) electrons. The van der Waals surface area contributed by atoms with Crippen molar-refractivity contribution in [2.45, 2.75) is 32.2 Å². The molecule has 102 valence electrons. The van der Waals surface area contributed by atoms with Gasteiger partial charge in [0.15, 0.2) is 0 Å². The second-order valence-electron chi connectivity index (χ2n) is 5.59. The zero-order valence-electron chi connectivity index (χ0n) is 11.2. The Morgan fingerprint density at radius 3 is 2.53 bits per heavy atom. The van der Waals surface area contributed by atoms with Crippen molar-refractivity contribution < 1.29 is 8.42 Å². The molecule has 1 aliphatic carbocycles. The summed E-state index contributed by atoms with van der Waals surface area (Å²) < 4.78 is 22.4. The van der Waals surface area contributed by atoms with Crippen molar-refractivity contribution in [3.8, 4) is 0 Å². The highest BCUT2D eigenvalue weighted by molar-refractivity contribution is 7.90. The van der Waals surface area contributed by atoms with Gasteiger partial charge in [-0.15, -0.1) is 0 Å². The van der Waals surface area contributed by atoms with Gasteiger partial charge in [0.25, 0.3) is 0 Å². The molecule has 0 aliphatic heterocycles. The average Bonchev–Trinajstić information content (AvgIpc) is 2.25. The number of nitrogens with zero attached hydrogens (tertiary/aromatic N) is 1. The van der Waals surface area contributed by atoms with E-state index >= 15 is 0 Å². The van der Waals surface area contributed by atoms with Gasteiger partial charge in [0.2, 0.25) is 0 Å². The van der Waals surface area contributed by atoms with Crippen LogP contribution in [-0.2, 0) is 9.84 Å². The zero-order valence-corrected chi connectivity index (χ0v) is 12.0. The van der Waals surface area contributed by atoms with Crippen LogP contribution in [-0.4, -0.2) is 51.5 Å². The number of sulfone groups is 1. The van der Waals surface area contributed by atoms with E-state index in [4.69, 9.17) is 5.73 Å². The Kier molecular flexibility index (Phi) is 5.41. The van der Waals surface area contributed by atoms with Crippen LogP contribution in [0.4, 0.5) is 0 Å². The van der Waals surface area contributed by atoms with Gasteiger partial charge in [0, 0.05) is 18.8 Å². The Labute approximate surface area is 105 Å². The van der Waals surface area contributed by atoms with E-state index < -0.39 is 9.84 Å². The van der Waals surface area contributed by atoms with Crippen molar-refractivity contribution in [3.63, 3.8) is 0 Å². The van der Waals surface area contributed by atoms with Gasteiger partial charge in [-0.05, 0) is 38.3 Å². The van der Waals surface area contributed by atoms with Gasteiger partial charge in [-0.2, -0.15) is 0 Å². The molecular formula is C12H26N2O2S. The van der Waals surface area contributed by atoms with E-state index in [1.165, 1.54) is 19.1 Å². The predicted molar refractivity (Wildman–Crippen MR) is 71.7 cm³/mol. The Morgan fingerprint density at radius 2 is 2.00 bits per heavy atom. The van der Waals surface area contributed by atoms with Crippen LogP contribution >= 0.6 is 0 Å². The van der Waals surface area contributed by atoms with Crippen LogP contribution < -0.4 is 5.73 Å². The number of hydrogen-bond donors (Lipinski definition) is 1. The molecule has 1 fully saturated rings. The van der Waals surface area contributed by atoms with E-state index in [0.29, 0.717) is 25.0 Å². The second-order valence-corrected chi connectivity index (χ2v) is 7.85. The van der Waals surface area contributed by atoms with Gasteiger partial charge in [0.1, 0.15) is 9.84 Å². The first-order chi connectivity index (χ1) is 7.83. The highest BCUT2D eigenvalue weighted by Gasteiger charge is 2.30. The molecule has 2 N–H and O–H groups in total. The van der Waals surface area contributed by atoms with E-state index in [2.05, 4.69) is 11.8 Å². The van der Waals surface area contributed by atoms with Crippen molar-refractivity contribution >= 4 is 9.84 Å². The Balaban J connectivity index is 2.55. The van der Waals surface area contributed by atoms with E-state index in [1.807, 2.05) is 7.05 Å². The van der Waals surface area contributed by atoms with Crippen LogP contribution in [0.2, 0.25) is 0 Å². The molecule has 0 aromatic heterocycles. The lowest BCUT2D eigenvalue weighted by Crippen LogP contribution is -2.46. The molecule has 1 saturated carbocycles. The quantitative estimate of drug-likeness (QED) is 0.793. The van der Waals surface area contributed by atoms with Crippen LogP contribution in [0.5, 0.6) is 0 Å². The van der Waals surface area contributed by atoms with Gasteiger partial charge in [0.05, 0.1) is 5.75 Å². The van der Waals surface area contributed by atoms with E-state index in [-0.39, 0.29) is 5.75 Å². The van der Waals surface area contributed by atoms with Gasteiger partial charge < -0.3 is 10.6 Å². The van der Waals surface area contributed by atoms with Crippen LogP contribution in [0.1, 0.15) is 26.2 Å². The number of rotatable bonds is 5. The van der Waals surface area contributed by atoms with Crippen molar-refractivity contribution in [3.05, 3.63) is 0 Å². The lowest BCUT2D eigenvalue weighted by Gasteiger charge is -2.40. The lowest BCUT2D eigenvalue weighted by molar-refractivity contribution is 0.114. The summed E-state index contributed by atoms with van der Waals surface area (Å²) >= 11 is 0. The fourth-order valence-corrected chi connectivity index (χ4v) is 3.32. The van der Waals surface area contributed by atoms with E-state index in [0.717, 1.165) is 12.3 Å². The SMILES string of the molecule is CC1CCC(CN)C(N(C)CCS(C)(=O)=O)C1. The van der Waals surface area contributed by atoms with Crippen molar-refractivity contribution in [2.75, 3.05) is 32.1 Å². The van der Waals surface area contributed by atoms with Gasteiger partial charge >= 0.3 is 0 Å². The maximum absolute atomic E-state index is 11.2. The number of nitrogens with two attached hydrogens (primary N) is 1. The van der Waals surface area contributed by atoms with E-state index in [9.17, 15) is 8.42 Å². The molecule has 5 heteroatoms. The molecule has 0 amide bonds. The summed E-state index contributed by atoms with van der Waals surface area (Å²) in [5, 5.41) is 0. The summed E-state index contributed by atoms with van der Waals surface area (Å²) in [6.45, 7) is 3.59. The summed E-state index contributed by atoms with van der Waals surface area (Å²) in [6, 6.07) is 0.450. The fourth-order valence-electron chi connectivity index (χ4n) is 2.70. The molecule has 0 spiro atoms. The van der Waals surface area contributed by atoms with Crippen molar-refractivity contribution in [2.24, 2.45) is 17.6 Å². The molecule has 0 saturated heterocycles. The molecule has 4 nitrogen and oxygen atoms in total. The van der Waals surface area contributed by atoms with Gasteiger partial charge in [-0.25, -0.2) is 8.42 Å². The molecule has 1 rings (SSSR count). The minimum atomic E-state index is -2.87. The zero-order chi connectivity index (χ0) is 13.1. The first-order valence-corrected chi connectivity index (χ1v) is 8.47. The third-order valence-electron chi connectivity index (χ3n) is 3.90. The average molecular weight is 262 g/mol. The van der Waals surface area contributed by atoms with Gasteiger partial charge in [-0.3, -0.25) is 0 Å². The third-order valence-corrected chi connectivity index (χ3v) is 4.83. The summed E-state index contributed by atoms with van der Waals surface area (Å²) in [5.41, 5.74) is 5.81. The third kappa shape index (κ3) is 4.94. The lowest BCUT2D eigenvalue weighted by atomic mass is 9.78. The molecule has 0 aromatic carbocycles. The first kappa shape index (κ1) is 14.9. The Bertz CT molecular complexity index is 329. The second kappa shape index (κ2) is 6.16.